The standard InChI is InChI=1S/C31H43N7O2/c1-22-30(39)35(3)28-21-32-29(20-27(28)38(22)26-9-4-5-10-26)33-24-8-6-7-23(19-24)31(40)37-17-15-36(16-18-37)25-11-13-34(2)14-12-25/h6-8,19-22,25-26H,4-5,9-18H2,1-3H3,(H,32,33). The minimum Gasteiger partial charge on any atom is -0.355 e. The third-order valence-electron chi connectivity index (χ3n) is 9.51. The van der Waals surface area contributed by atoms with Gasteiger partial charge in [0.25, 0.3) is 5.91 Å². The number of benzene rings is 1. The summed E-state index contributed by atoms with van der Waals surface area (Å²) in [6.07, 6.45) is 8.87. The van der Waals surface area contributed by atoms with E-state index in [4.69, 9.17) is 0 Å². The molecule has 1 aromatic heterocycles. The summed E-state index contributed by atoms with van der Waals surface area (Å²) in [5.41, 5.74) is 3.43. The number of pyridine rings is 1. The number of fused-ring (bicyclic) bond motifs is 1. The van der Waals surface area contributed by atoms with Crippen LogP contribution >= 0.6 is 0 Å². The van der Waals surface area contributed by atoms with Gasteiger partial charge in [-0.25, -0.2) is 4.98 Å². The molecule has 0 bridgehead atoms. The lowest BCUT2D eigenvalue weighted by atomic mass is 10.0. The Balaban J connectivity index is 1.14. The van der Waals surface area contributed by atoms with Gasteiger partial charge in [0.2, 0.25) is 5.91 Å². The van der Waals surface area contributed by atoms with Gasteiger partial charge in [-0.3, -0.25) is 14.5 Å². The summed E-state index contributed by atoms with van der Waals surface area (Å²) in [5, 5.41) is 3.43. The fraction of sp³-hybridized carbons (Fsp3) is 0.581. The highest BCUT2D eigenvalue weighted by Gasteiger charge is 2.38. The number of nitrogens with zero attached hydrogens (tertiary/aromatic N) is 6. The van der Waals surface area contributed by atoms with Gasteiger partial charge in [0, 0.05) is 62.6 Å². The zero-order chi connectivity index (χ0) is 27.8. The topological polar surface area (TPSA) is 75.3 Å². The summed E-state index contributed by atoms with van der Waals surface area (Å²) >= 11 is 0. The van der Waals surface area contributed by atoms with Gasteiger partial charge in [-0.15, -0.1) is 0 Å². The Kier molecular flexibility index (Phi) is 7.68. The molecule has 9 nitrogen and oxygen atoms in total. The Morgan fingerprint density at radius 1 is 0.900 bits per heavy atom. The van der Waals surface area contributed by atoms with Crippen molar-refractivity contribution in [1.82, 2.24) is 19.7 Å². The van der Waals surface area contributed by atoms with E-state index < -0.39 is 0 Å². The monoisotopic (exact) mass is 545 g/mol. The number of piperazine rings is 1. The van der Waals surface area contributed by atoms with Gasteiger partial charge in [0.1, 0.15) is 11.9 Å². The van der Waals surface area contributed by atoms with Crippen molar-refractivity contribution >= 4 is 34.7 Å². The van der Waals surface area contributed by atoms with Crippen molar-refractivity contribution in [3.63, 3.8) is 0 Å². The Labute approximate surface area is 238 Å². The molecule has 40 heavy (non-hydrogen) atoms. The van der Waals surface area contributed by atoms with E-state index in [0.717, 1.165) is 69.2 Å². The van der Waals surface area contributed by atoms with Gasteiger partial charge in [-0.05, 0) is 70.9 Å². The number of amides is 2. The molecule has 3 fully saturated rings. The van der Waals surface area contributed by atoms with Gasteiger partial charge < -0.3 is 24.9 Å². The molecule has 1 N–H and O–H groups in total. The van der Waals surface area contributed by atoms with E-state index in [9.17, 15) is 9.59 Å². The Morgan fingerprint density at radius 2 is 1.62 bits per heavy atom. The van der Waals surface area contributed by atoms with Crippen molar-refractivity contribution in [2.24, 2.45) is 0 Å². The van der Waals surface area contributed by atoms with Crippen LogP contribution < -0.4 is 15.1 Å². The highest BCUT2D eigenvalue weighted by Crippen LogP contribution is 2.41. The van der Waals surface area contributed by atoms with E-state index in [1.165, 1.54) is 25.7 Å². The minimum atomic E-state index is -0.197. The lowest BCUT2D eigenvalue weighted by Gasteiger charge is -2.43. The van der Waals surface area contributed by atoms with Gasteiger partial charge in [0.05, 0.1) is 17.6 Å². The van der Waals surface area contributed by atoms with Crippen LogP contribution in [0.5, 0.6) is 0 Å². The second-order valence-corrected chi connectivity index (χ2v) is 12.0. The van der Waals surface area contributed by atoms with E-state index in [0.29, 0.717) is 23.5 Å². The lowest BCUT2D eigenvalue weighted by molar-refractivity contribution is -0.119. The number of likely N-dealkylation sites (tertiary alicyclic amines) is 1. The summed E-state index contributed by atoms with van der Waals surface area (Å²) in [7, 11) is 4.03. The zero-order valence-corrected chi connectivity index (χ0v) is 24.2. The molecule has 1 aromatic carbocycles. The number of rotatable bonds is 5. The Hall–Kier alpha value is -3.17. The number of hydrogen-bond acceptors (Lipinski definition) is 7. The first kappa shape index (κ1) is 27.0. The molecule has 1 saturated carbocycles. The number of carbonyl (C=O) groups excluding carboxylic acids is 2. The molecule has 3 aliphatic heterocycles. The summed E-state index contributed by atoms with van der Waals surface area (Å²) in [6.45, 7) is 7.78. The fourth-order valence-electron chi connectivity index (χ4n) is 7.10. The van der Waals surface area contributed by atoms with Crippen LogP contribution in [0.2, 0.25) is 0 Å². The predicted octanol–water partition coefficient (Wildman–Crippen LogP) is 3.79. The van der Waals surface area contributed by atoms with Gasteiger partial charge in [-0.2, -0.15) is 0 Å². The van der Waals surface area contributed by atoms with Crippen LogP contribution in [0.15, 0.2) is 36.5 Å². The Bertz CT molecular complexity index is 1230. The lowest BCUT2D eigenvalue weighted by Crippen LogP contribution is -2.54. The molecule has 2 amide bonds. The number of carbonyl (C=O) groups is 2. The molecule has 6 rings (SSSR count). The first-order chi connectivity index (χ1) is 19.4. The molecule has 9 heteroatoms. The van der Waals surface area contributed by atoms with Crippen molar-refractivity contribution < 1.29 is 9.59 Å². The number of piperidine rings is 1. The summed E-state index contributed by atoms with van der Waals surface area (Å²) in [6, 6.07) is 10.6. The number of hydrogen-bond donors (Lipinski definition) is 1. The molecular formula is C31H43N7O2. The summed E-state index contributed by atoms with van der Waals surface area (Å²) in [5.74, 6) is 0.916. The van der Waals surface area contributed by atoms with Crippen molar-refractivity contribution in [3.8, 4) is 0 Å². The van der Waals surface area contributed by atoms with Gasteiger partial charge in [-0.1, -0.05) is 18.9 Å². The van der Waals surface area contributed by atoms with E-state index in [1.807, 2.05) is 43.1 Å². The number of aromatic nitrogens is 1. The van der Waals surface area contributed by atoms with E-state index in [2.05, 4.69) is 38.1 Å². The van der Waals surface area contributed by atoms with Crippen LogP contribution in [0.1, 0.15) is 55.8 Å². The van der Waals surface area contributed by atoms with E-state index in [-0.39, 0.29) is 17.9 Å². The minimum absolute atomic E-state index is 0.0893. The third-order valence-corrected chi connectivity index (χ3v) is 9.51. The molecule has 2 aromatic rings. The highest BCUT2D eigenvalue weighted by molar-refractivity contribution is 6.05. The molecular weight excluding hydrogens is 502 g/mol. The molecule has 0 spiro atoms. The number of likely N-dealkylation sites (N-methyl/N-ethyl adjacent to an activating group) is 1. The van der Waals surface area contributed by atoms with Crippen molar-refractivity contribution in [2.45, 2.75) is 63.6 Å². The highest BCUT2D eigenvalue weighted by atomic mass is 16.2. The maximum absolute atomic E-state index is 13.4. The van der Waals surface area contributed by atoms with Crippen LogP contribution in [-0.2, 0) is 4.79 Å². The van der Waals surface area contributed by atoms with Crippen LogP contribution in [-0.4, -0.2) is 103 Å². The quantitative estimate of drug-likeness (QED) is 0.613. The second-order valence-electron chi connectivity index (χ2n) is 12.0. The maximum atomic E-state index is 13.4. The molecule has 1 aliphatic carbocycles. The largest absolute Gasteiger partial charge is 0.355 e. The van der Waals surface area contributed by atoms with Crippen LogP contribution in [0.4, 0.5) is 22.9 Å². The molecule has 1 unspecified atom stereocenters. The Morgan fingerprint density at radius 3 is 2.35 bits per heavy atom. The van der Waals surface area contributed by atoms with E-state index >= 15 is 0 Å². The van der Waals surface area contributed by atoms with Crippen LogP contribution in [0, 0.1) is 0 Å². The normalized spacial score (nSPS) is 23.5. The fourth-order valence-corrected chi connectivity index (χ4v) is 7.10. The zero-order valence-electron chi connectivity index (χ0n) is 24.2. The van der Waals surface area contributed by atoms with Gasteiger partial charge >= 0.3 is 0 Å². The SMILES string of the molecule is CC1C(=O)N(C)c2cnc(Nc3cccc(C(=O)N4CCN(C5CCN(C)CC5)CC4)c3)cc2N1C1CCCC1. The van der Waals surface area contributed by atoms with Crippen LogP contribution in [0.3, 0.4) is 0 Å². The molecule has 4 aliphatic rings. The molecule has 2 saturated heterocycles. The second kappa shape index (κ2) is 11.4. The number of nitrogens with one attached hydrogen (secondary N) is 1. The van der Waals surface area contributed by atoms with E-state index in [1.54, 1.807) is 11.1 Å². The van der Waals surface area contributed by atoms with Crippen LogP contribution in [0.25, 0.3) is 0 Å². The van der Waals surface area contributed by atoms with Gasteiger partial charge in [0.15, 0.2) is 0 Å². The molecule has 4 heterocycles. The summed E-state index contributed by atoms with van der Waals surface area (Å²) in [4.78, 5) is 42.1. The number of anilines is 4. The maximum Gasteiger partial charge on any atom is 0.254 e. The molecule has 1 atom stereocenters. The van der Waals surface area contributed by atoms with Crippen molar-refractivity contribution in [2.75, 3.05) is 68.5 Å². The first-order valence-corrected chi connectivity index (χ1v) is 15.0. The predicted molar refractivity (Wildman–Crippen MR) is 160 cm³/mol. The molecule has 214 valence electrons. The third kappa shape index (κ3) is 5.29. The first-order valence-electron chi connectivity index (χ1n) is 15.0. The average molecular weight is 546 g/mol. The summed E-state index contributed by atoms with van der Waals surface area (Å²) < 4.78 is 0. The van der Waals surface area contributed by atoms with Crippen molar-refractivity contribution in [1.29, 1.82) is 0 Å². The average Bonchev–Trinajstić information content (AvgIpc) is 3.51. The molecule has 0 radical (unpaired) electrons. The smallest absolute Gasteiger partial charge is 0.254 e. The van der Waals surface area contributed by atoms with Crippen molar-refractivity contribution in [3.05, 3.63) is 42.1 Å².